The minimum Gasteiger partial charge on any atom is -0.493 e. The topological polar surface area (TPSA) is 9.23 Å². The molecule has 1 rings (SSSR count). The minimum absolute atomic E-state index is 0.869. The van der Waals surface area contributed by atoms with Crippen molar-refractivity contribution >= 4 is 0 Å². The third-order valence-electron chi connectivity index (χ3n) is 4.03. The monoisotopic (exact) mass is 290 g/mol. The van der Waals surface area contributed by atoms with Crippen LogP contribution in [0.5, 0.6) is 5.75 Å². The molecule has 0 fully saturated rings. The number of ether oxygens (including phenoxy) is 1. The fourth-order valence-electron chi connectivity index (χ4n) is 2.66. The Morgan fingerprint density at radius 2 is 1.33 bits per heavy atom. The van der Waals surface area contributed by atoms with E-state index < -0.39 is 0 Å². The van der Waals surface area contributed by atoms with Crippen molar-refractivity contribution in [1.82, 2.24) is 0 Å². The van der Waals surface area contributed by atoms with Gasteiger partial charge in [-0.1, -0.05) is 83.4 Å². The van der Waals surface area contributed by atoms with Gasteiger partial charge in [-0.15, -0.1) is 0 Å². The van der Waals surface area contributed by atoms with Gasteiger partial charge < -0.3 is 4.74 Å². The maximum Gasteiger partial charge on any atom is 0.122 e. The number of hydrogen-bond donors (Lipinski definition) is 0. The van der Waals surface area contributed by atoms with Gasteiger partial charge in [0.25, 0.3) is 0 Å². The Morgan fingerprint density at radius 1 is 0.714 bits per heavy atom. The largest absolute Gasteiger partial charge is 0.493 e. The molecule has 0 spiro atoms. The fourth-order valence-corrected chi connectivity index (χ4v) is 2.66. The standard InChI is InChI=1S/C20H34O/c1-3-5-7-9-10-11-15-19-16-12-13-17-20(19)21-18-14-8-6-4-2/h12-13,16-17H,3-11,14-15,18H2,1-2H3. The van der Waals surface area contributed by atoms with Gasteiger partial charge in [-0.05, 0) is 30.9 Å². The first-order valence-electron chi connectivity index (χ1n) is 9.09. The van der Waals surface area contributed by atoms with Crippen LogP contribution in [0, 0.1) is 0 Å². The summed E-state index contributed by atoms with van der Waals surface area (Å²) < 4.78 is 5.98. The molecule has 1 nitrogen and oxygen atoms in total. The molecule has 0 saturated heterocycles. The molecule has 0 saturated carbocycles. The van der Waals surface area contributed by atoms with Crippen molar-refractivity contribution < 1.29 is 4.74 Å². The highest BCUT2D eigenvalue weighted by Gasteiger charge is 2.02. The van der Waals surface area contributed by atoms with Crippen molar-refractivity contribution in [3.8, 4) is 5.75 Å². The predicted octanol–water partition coefficient (Wildman–Crippen LogP) is 6.55. The molecule has 0 aliphatic heterocycles. The van der Waals surface area contributed by atoms with Crippen LogP contribution in [-0.4, -0.2) is 6.61 Å². The normalized spacial score (nSPS) is 10.8. The first-order chi connectivity index (χ1) is 10.4. The summed E-state index contributed by atoms with van der Waals surface area (Å²) in [5.74, 6) is 1.11. The fraction of sp³-hybridized carbons (Fsp3) is 0.700. The predicted molar refractivity (Wildman–Crippen MR) is 93.2 cm³/mol. The molecular formula is C20H34O. The molecule has 0 unspecified atom stereocenters. The van der Waals surface area contributed by atoms with Crippen molar-refractivity contribution in [2.24, 2.45) is 0 Å². The average molecular weight is 290 g/mol. The van der Waals surface area contributed by atoms with Gasteiger partial charge in [0, 0.05) is 0 Å². The van der Waals surface area contributed by atoms with Crippen molar-refractivity contribution in [2.75, 3.05) is 6.61 Å². The second-order valence-electron chi connectivity index (χ2n) is 6.03. The highest BCUT2D eigenvalue weighted by molar-refractivity contribution is 5.33. The summed E-state index contributed by atoms with van der Waals surface area (Å²) in [4.78, 5) is 0. The summed E-state index contributed by atoms with van der Waals surface area (Å²) in [6, 6.07) is 8.59. The van der Waals surface area contributed by atoms with Gasteiger partial charge in [0.2, 0.25) is 0 Å². The van der Waals surface area contributed by atoms with Crippen molar-refractivity contribution in [3.63, 3.8) is 0 Å². The Kier molecular flexibility index (Phi) is 11.0. The molecule has 0 aromatic heterocycles. The van der Waals surface area contributed by atoms with Gasteiger partial charge in [-0.2, -0.15) is 0 Å². The van der Waals surface area contributed by atoms with Crippen molar-refractivity contribution in [2.45, 2.75) is 84.5 Å². The van der Waals surface area contributed by atoms with Crippen LogP contribution >= 0.6 is 0 Å². The lowest BCUT2D eigenvalue weighted by atomic mass is 10.0. The highest BCUT2D eigenvalue weighted by Crippen LogP contribution is 2.21. The van der Waals surface area contributed by atoms with E-state index in [2.05, 4.69) is 38.1 Å². The van der Waals surface area contributed by atoms with E-state index in [1.807, 2.05) is 0 Å². The molecule has 0 aliphatic carbocycles. The minimum atomic E-state index is 0.869. The van der Waals surface area contributed by atoms with Crippen LogP contribution in [0.15, 0.2) is 24.3 Å². The van der Waals surface area contributed by atoms with E-state index in [4.69, 9.17) is 4.74 Å². The summed E-state index contributed by atoms with van der Waals surface area (Å²) in [6.07, 6.45) is 14.4. The molecule has 1 aromatic rings. The smallest absolute Gasteiger partial charge is 0.122 e. The van der Waals surface area contributed by atoms with E-state index in [0.717, 1.165) is 18.8 Å². The zero-order valence-corrected chi connectivity index (χ0v) is 14.2. The van der Waals surface area contributed by atoms with Crippen molar-refractivity contribution in [3.05, 3.63) is 29.8 Å². The van der Waals surface area contributed by atoms with Gasteiger partial charge in [0.15, 0.2) is 0 Å². The second-order valence-corrected chi connectivity index (χ2v) is 6.03. The second kappa shape index (κ2) is 12.7. The Labute approximate surface area is 132 Å². The molecule has 0 amide bonds. The lowest BCUT2D eigenvalue weighted by Crippen LogP contribution is -2.00. The van der Waals surface area contributed by atoms with E-state index in [1.54, 1.807) is 0 Å². The Bertz CT molecular complexity index is 345. The molecule has 0 atom stereocenters. The number of hydrogen-bond acceptors (Lipinski definition) is 1. The first-order valence-corrected chi connectivity index (χ1v) is 9.09. The van der Waals surface area contributed by atoms with E-state index in [-0.39, 0.29) is 0 Å². The molecule has 0 bridgehead atoms. The van der Waals surface area contributed by atoms with Crippen molar-refractivity contribution in [1.29, 1.82) is 0 Å². The van der Waals surface area contributed by atoms with Crippen LogP contribution in [-0.2, 0) is 6.42 Å². The summed E-state index contributed by atoms with van der Waals surface area (Å²) in [6.45, 7) is 5.39. The molecule has 0 N–H and O–H groups in total. The Morgan fingerprint density at radius 3 is 2.10 bits per heavy atom. The van der Waals surface area contributed by atoms with Gasteiger partial charge >= 0.3 is 0 Å². The number of benzene rings is 1. The summed E-state index contributed by atoms with van der Waals surface area (Å²) in [5, 5.41) is 0. The maximum absolute atomic E-state index is 5.98. The summed E-state index contributed by atoms with van der Waals surface area (Å²) in [5.41, 5.74) is 1.39. The lowest BCUT2D eigenvalue weighted by molar-refractivity contribution is 0.302. The third kappa shape index (κ3) is 8.80. The van der Waals surface area contributed by atoms with Gasteiger partial charge in [-0.3, -0.25) is 0 Å². The van der Waals surface area contributed by atoms with Gasteiger partial charge in [-0.25, -0.2) is 0 Å². The van der Waals surface area contributed by atoms with E-state index in [0.29, 0.717) is 0 Å². The van der Waals surface area contributed by atoms with E-state index >= 15 is 0 Å². The molecule has 0 aliphatic rings. The Hall–Kier alpha value is -0.980. The number of rotatable bonds is 13. The molecule has 1 heteroatoms. The average Bonchev–Trinajstić information content (AvgIpc) is 2.52. The number of unbranched alkanes of at least 4 members (excludes halogenated alkanes) is 8. The molecule has 1 aromatic carbocycles. The van der Waals surface area contributed by atoms with Crippen LogP contribution in [0.2, 0.25) is 0 Å². The lowest BCUT2D eigenvalue weighted by Gasteiger charge is -2.11. The van der Waals surface area contributed by atoms with Crippen LogP contribution in [0.4, 0.5) is 0 Å². The maximum atomic E-state index is 5.98. The molecule has 120 valence electrons. The number of para-hydroxylation sites is 1. The van der Waals surface area contributed by atoms with Crippen LogP contribution in [0.25, 0.3) is 0 Å². The van der Waals surface area contributed by atoms with Crippen LogP contribution in [0.1, 0.15) is 83.6 Å². The zero-order chi connectivity index (χ0) is 15.2. The first kappa shape index (κ1) is 18.1. The summed E-state index contributed by atoms with van der Waals surface area (Å²) in [7, 11) is 0. The molecule has 0 heterocycles. The molecule has 0 radical (unpaired) electrons. The molecular weight excluding hydrogens is 256 g/mol. The zero-order valence-electron chi connectivity index (χ0n) is 14.2. The van der Waals surface area contributed by atoms with Crippen LogP contribution < -0.4 is 4.74 Å². The SMILES string of the molecule is CCCCCCCCc1ccccc1OCCCCCC. The quantitative estimate of drug-likeness (QED) is 0.374. The Balaban J connectivity index is 2.23. The van der Waals surface area contributed by atoms with Crippen LogP contribution in [0.3, 0.4) is 0 Å². The van der Waals surface area contributed by atoms with Gasteiger partial charge in [0.1, 0.15) is 5.75 Å². The highest BCUT2D eigenvalue weighted by atomic mass is 16.5. The number of aryl methyl sites for hydroxylation is 1. The molecule has 21 heavy (non-hydrogen) atoms. The van der Waals surface area contributed by atoms with E-state index in [1.165, 1.54) is 69.8 Å². The van der Waals surface area contributed by atoms with Gasteiger partial charge in [0.05, 0.1) is 6.61 Å². The van der Waals surface area contributed by atoms with E-state index in [9.17, 15) is 0 Å². The third-order valence-corrected chi connectivity index (χ3v) is 4.03. The summed E-state index contributed by atoms with van der Waals surface area (Å²) >= 11 is 0.